The van der Waals surface area contributed by atoms with Gasteiger partial charge in [-0.3, -0.25) is 4.79 Å². The molecule has 1 saturated carbocycles. The molecule has 1 aliphatic rings. The van der Waals surface area contributed by atoms with Crippen molar-refractivity contribution in [2.24, 2.45) is 0 Å². The second-order valence-electron chi connectivity index (χ2n) is 4.08. The monoisotopic (exact) mass is 365 g/mol. The molecular formula is C12H13ClINO2. The Kier molecular flexibility index (Phi) is 4.27. The van der Waals surface area contributed by atoms with Crippen molar-refractivity contribution in [2.75, 3.05) is 13.2 Å². The van der Waals surface area contributed by atoms with Crippen molar-refractivity contribution in [3.05, 3.63) is 32.4 Å². The highest BCUT2D eigenvalue weighted by molar-refractivity contribution is 14.1. The van der Waals surface area contributed by atoms with Gasteiger partial charge in [0, 0.05) is 21.7 Å². The normalized spacial score (nSPS) is 14.8. The van der Waals surface area contributed by atoms with E-state index in [1.165, 1.54) is 0 Å². The summed E-state index contributed by atoms with van der Waals surface area (Å²) in [6, 6.07) is 5.61. The Morgan fingerprint density at radius 3 is 2.76 bits per heavy atom. The number of benzene rings is 1. The topological polar surface area (TPSA) is 40.5 Å². The van der Waals surface area contributed by atoms with Crippen LogP contribution >= 0.6 is 34.2 Å². The number of nitrogens with zero attached hydrogens (tertiary/aromatic N) is 1. The minimum absolute atomic E-state index is 0.000337. The number of carbonyl (C=O) groups excluding carboxylic acids is 1. The highest BCUT2D eigenvalue weighted by atomic mass is 127. The number of aliphatic hydroxyl groups is 1. The standard InChI is InChI=1S/C12H13ClINO2/c13-10-7-8(1-4-11(10)14)12(17)15(5-6-16)9-2-3-9/h1,4,7,9,16H,2-3,5-6H2. The summed E-state index contributed by atoms with van der Waals surface area (Å²) in [6.45, 7) is 0.396. The molecule has 1 N–H and O–H groups in total. The average molecular weight is 366 g/mol. The third kappa shape index (κ3) is 3.11. The van der Waals surface area contributed by atoms with E-state index in [0.29, 0.717) is 23.2 Å². The fourth-order valence-corrected chi connectivity index (χ4v) is 2.25. The van der Waals surface area contributed by atoms with Gasteiger partial charge >= 0.3 is 0 Å². The number of halogens is 2. The first kappa shape index (κ1) is 13.1. The quantitative estimate of drug-likeness (QED) is 0.833. The van der Waals surface area contributed by atoms with Crippen LogP contribution in [0.2, 0.25) is 5.02 Å². The Morgan fingerprint density at radius 2 is 2.24 bits per heavy atom. The molecule has 0 bridgehead atoms. The van der Waals surface area contributed by atoms with E-state index in [-0.39, 0.29) is 12.5 Å². The van der Waals surface area contributed by atoms with Crippen LogP contribution < -0.4 is 0 Å². The number of carbonyl (C=O) groups is 1. The molecule has 5 heteroatoms. The molecule has 92 valence electrons. The Bertz CT molecular complexity index is 435. The molecule has 2 rings (SSSR count). The summed E-state index contributed by atoms with van der Waals surface area (Å²) in [5.74, 6) is -0.0418. The minimum atomic E-state index is -0.0418. The van der Waals surface area contributed by atoms with Crippen LogP contribution in [-0.4, -0.2) is 35.1 Å². The van der Waals surface area contributed by atoms with Gasteiger partial charge in [0.2, 0.25) is 0 Å². The number of rotatable bonds is 4. The molecule has 1 amide bonds. The smallest absolute Gasteiger partial charge is 0.254 e. The highest BCUT2D eigenvalue weighted by Crippen LogP contribution is 2.29. The molecular weight excluding hydrogens is 352 g/mol. The maximum atomic E-state index is 12.2. The van der Waals surface area contributed by atoms with E-state index >= 15 is 0 Å². The minimum Gasteiger partial charge on any atom is -0.395 e. The molecule has 0 atom stereocenters. The second kappa shape index (κ2) is 5.54. The van der Waals surface area contributed by atoms with Crippen molar-refractivity contribution < 1.29 is 9.90 Å². The summed E-state index contributed by atoms with van der Waals surface area (Å²) < 4.78 is 0.931. The van der Waals surface area contributed by atoms with Gasteiger partial charge in [0.05, 0.1) is 11.6 Å². The maximum absolute atomic E-state index is 12.2. The lowest BCUT2D eigenvalue weighted by molar-refractivity contribution is 0.0707. The molecule has 1 aromatic carbocycles. The average Bonchev–Trinajstić information content (AvgIpc) is 3.13. The van der Waals surface area contributed by atoms with E-state index in [1.54, 1.807) is 17.0 Å². The van der Waals surface area contributed by atoms with Gasteiger partial charge in [-0.1, -0.05) is 11.6 Å². The third-order valence-electron chi connectivity index (χ3n) is 2.76. The maximum Gasteiger partial charge on any atom is 0.254 e. The molecule has 0 heterocycles. The first-order valence-electron chi connectivity index (χ1n) is 5.50. The van der Waals surface area contributed by atoms with Crippen LogP contribution in [0.5, 0.6) is 0 Å². The molecule has 17 heavy (non-hydrogen) atoms. The van der Waals surface area contributed by atoms with Crippen LogP contribution in [0.4, 0.5) is 0 Å². The number of amides is 1. The summed E-state index contributed by atoms with van der Waals surface area (Å²) in [5, 5.41) is 9.58. The van der Waals surface area contributed by atoms with Crippen LogP contribution in [0.3, 0.4) is 0 Å². The summed E-state index contributed by atoms with van der Waals surface area (Å²) in [4.78, 5) is 14.0. The molecule has 1 aliphatic carbocycles. The second-order valence-corrected chi connectivity index (χ2v) is 5.65. The summed E-state index contributed by atoms with van der Waals surface area (Å²) in [7, 11) is 0. The summed E-state index contributed by atoms with van der Waals surface area (Å²) in [6.07, 6.45) is 2.06. The third-order valence-corrected chi connectivity index (χ3v) is 4.33. The van der Waals surface area contributed by atoms with Crippen molar-refractivity contribution in [3.63, 3.8) is 0 Å². The summed E-state index contributed by atoms with van der Waals surface area (Å²) >= 11 is 8.13. The van der Waals surface area contributed by atoms with Gasteiger partial charge in [0.25, 0.3) is 5.91 Å². The molecule has 0 unspecified atom stereocenters. The van der Waals surface area contributed by atoms with E-state index in [4.69, 9.17) is 16.7 Å². The van der Waals surface area contributed by atoms with Crippen molar-refractivity contribution >= 4 is 40.1 Å². The molecule has 0 aromatic heterocycles. The Hall–Kier alpha value is -0.330. The van der Waals surface area contributed by atoms with Crippen LogP contribution in [0, 0.1) is 3.57 Å². The van der Waals surface area contributed by atoms with Crippen molar-refractivity contribution in [1.29, 1.82) is 0 Å². The van der Waals surface area contributed by atoms with Gasteiger partial charge in [-0.25, -0.2) is 0 Å². The van der Waals surface area contributed by atoms with Crippen molar-refractivity contribution in [1.82, 2.24) is 4.90 Å². The molecule has 0 radical (unpaired) electrons. The molecule has 1 fully saturated rings. The van der Waals surface area contributed by atoms with Gasteiger partial charge in [-0.15, -0.1) is 0 Å². The van der Waals surface area contributed by atoms with E-state index in [2.05, 4.69) is 22.6 Å². The lowest BCUT2D eigenvalue weighted by Gasteiger charge is -2.21. The number of hydrogen-bond acceptors (Lipinski definition) is 2. The van der Waals surface area contributed by atoms with Crippen molar-refractivity contribution in [3.8, 4) is 0 Å². The first-order valence-corrected chi connectivity index (χ1v) is 6.96. The van der Waals surface area contributed by atoms with Crippen molar-refractivity contribution in [2.45, 2.75) is 18.9 Å². The van der Waals surface area contributed by atoms with E-state index in [0.717, 1.165) is 16.4 Å². The van der Waals surface area contributed by atoms with Gasteiger partial charge < -0.3 is 10.0 Å². The predicted molar refractivity (Wildman–Crippen MR) is 75.3 cm³/mol. The lowest BCUT2D eigenvalue weighted by atomic mass is 10.2. The molecule has 0 saturated heterocycles. The van der Waals surface area contributed by atoms with E-state index in [1.807, 2.05) is 6.07 Å². The molecule has 3 nitrogen and oxygen atoms in total. The Morgan fingerprint density at radius 1 is 1.53 bits per heavy atom. The van der Waals surface area contributed by atoms with Crippen LogP contribution in [0.25, 0.3) is 0 Å². The van der Waals surface area contributed by atoms with Crippen LogP contribution in [-0.2, 0) is 0 Å². The molecule has 0 spiro atoms. The molecule has 1 aromatic rings. The Balaban J connectivity index is 2.19. The highest BCUT2D eigenvalue weighted by Gasteiger charge is 2.32. The zero-order valence-electron chi connectivity index (χ0n) is 9.20. The summed E-state index contributed by atoms with van der Waals surface area (Å²) in [5.41, 5.74) is 0.593. The fourth-order valence-electron chi connectivity index (χ4n) is 1.74. The van der Waals surface area contributed by atoms with E-state index in [9.17, 15) is 4.79 Å². The lowest BCUT2D eigenvalue weighted by Crippen LogP contribution is -2.35. The van der Waals surface area contributed by atoms with Crippen LogP contribution in [0.15, 0.2) is 18.2 Å². The van der Waals surface area contributed by atoms with E-state index < -0.39 is 0 Å². The first-order chi connectivity index (χ1) is 8.13. The zero-order valence-corrected chi connectivity index (χ0v) is 12.1. The van der Waals surface area contributed by atoms with Gasteiger partial charge in [-0.2, -0.15) is 0 Å². The van der Waals surface area contributed by atoms with Gasteiger partial charge in [0.1, 0.15) is 0 Å². The number of hydrogen-bond donors (Lipinski definition) is 1. The van der Waals surface area contributed by atoms with Crippen LogP contribution in [0.1, 0.15) is 23.2 Å². The Labute approximate surface area is 119 Å². The largest absolute Gasteiger partial charge is 0.395 e. The van der Waals surface area contributed by atoms with Gasteiger partial charge in [0.15, 0.2) is 0 Å². The van der Waals surface area contributed by atoms with Gasteiger partial charge in [-0.05, 0) is 53.6 Å². The fraction of sp³-hybridized carbons (Fsp3) is 0.417. The zero-order chi connectivity index (χ0) is 12.4. The SMILES string of the molecule is O=C(c1ccc(I)c(Cl)c1)N(CCO)C1CC1. The number of aliphatic hydroxyl groups excluding tert-OH is 1. The predicted octanol–water partition coefficient (Wildman–Crippen LogP) is 2.54. The molecule has 0 aliphatic heterocycles.